The summed E-state index contributed by atoms with van der Waals surface area (Å²) in [6.07, 6.45) is 1.94. The van der Waals surface area contributed by atoms with Crippen molar-refractivity contribution in [2.45, 2.75) is 44.2 Å². The van der Waals surface area contributed by atoms with Crippen LogP contribution in [0.25, 0.3) is 0 Å². The van der Waals surface area contributed by atoms with Gasteiger partial charge in [-0.1, -0.05) is 19.4 Å². The lowest BCUT2D eigenvalue weighted by Crippen LogP contribution is -2.27. The molecule has 2 atom stereocenters. The Morgan fingerprint density at radius 3 is 2.67 bits per heavy atom. The molecule has 4 nitrogen and oxygen atoms in total. The van der Waals surface area contributed by atoms with Crippen molar-refractivity contribution >= 4 is 10.0 Å². The normalized spacial score (nSPS) is 23.1. The van der Waals surface area contributed by atoms with Crippen LogP contribution in [0.3, 0.4) is 0 Å². The van der Waals surface area contributed by atoms with E-state index in [-0.39, 0.29) is 17.5 Å². The van der Waals surface area contributed by atoms with Gasteiger partial charge in [0.05, 0.1) is 11.5 Å². The Kier molecular flexibility index (Phi) is 3.75. The molecule has 2 N–H and O–H groups in total. The third-order valence-corrected chi connectivity index (χ3v) is 5.04. The van der Waals surface area contributed by atoms with Crippen LogP contribution in [0, 0.1) is 12.8 Å². The lowest BCUT2D eigenvalue weighted by molar-refractivity contribution is 0.281. The lowest BCUT2D eigenvalue weighted by Gasteiger charge is -2.09. The van der Waals surface area contributed by atoms with Gasteiger partial charge < -0.3 is 5.11 Å². The SMILES string of the molecule is CCC1CC1NS(=O)(=O)c1ccc(CO)c(C)c1. The Labute approximate surface area is 108 Å². The number of hydrogen-bond donors (Lipinski definition) is 2. The van der Waals surface area contributed by atoms with Crippen molar-refractivity contribution in [2.75, 3.05) is 0 Å². The Hall–Kier alpha value is -0.910. The summed E-state index contributed by atoms with van der Waals surface area (Å²) in [6, 6.07) is 4.91. The van der Waals surface area contributed by atoms with E-state index < -0.39 is 10.0 Å². The molecule has 5 heteroatoms. The lowest BCUT2D eigenvalue weighted by atomic mass is 10.1. The summed E-state index contributed by atoms with van der Waals surface area (Å²) in [4.78, 5) is 0.277. The van der Waals surface area contributed by atoms with Crippen LogP contribution in [-0.4, -0.2) is 19.6 Å². The summed E-state index contributed by atoms with van der Waals surface area (Å²) in [6.45, 7) is 3.80. The highest BCUT2D eigenvalue weighted by molar-refractivity contribution is 7.89. The first-order chi connectivity index (χ1) is 8.47. The third kappa shape index (κ3) is 2.74. The van der Waals surface area contributed by atoms with Gasteiger partial charge in [0, 0.05) is 6.04 Å². The Morgan fingerprint density at radius 1 is 1.44 bits per heavy atom. The fourth-order valence-corrected chi connectivity index (χ4v) is 3.53. The van der Waals surface area contributed by atoms with E-state index in [2.05, 4.69) is 11.6 Å². The highest BCUT2D eigenvalue weighted by Crippen LogP contribution is 2.34. The summed E-state index contributed by atoms with van der Waals surface area (Å²) in [5.41, 5.74) is 1.55. The first-order valence-electron chi connectivity index (χ1n) is 6.20. The highest BCUT2D eigenvalue weighted by Gasteiger charge is 2.38. The number of aryl methyl sites for hydroxylation is 1. The number of aliphatic hydroxyl groups is 1. The van der Waals surface area contributed by atoms with E-state index in [1.165, 1.54) is 0 Å². The Morgan fingerprint density at radius 2 is 2.17 bits per heavy atom. The largest absolute Gasteiger partial charge is 0.392 e. The topological polar surface area (TPSA) is 66.4 Å². The molecule has 0 aromatic heterocycles. The van der Waals surface area contributed by atoms with Gasteiger partial charge in [0.25, 0.3) is 0 Å². The molecule has 0 aliphatic heterocycles. The van der Waals surface area contributed by atoms with E-state index in [9.17, 15) is 8.42 Å². The van der Waals surface area contributed by atoms with Crippen LogP contribution in [-0.2, 0) is 16.6 Å². The van der Waals surface area contributed by atoms with Crippen LogP contribution in [0.4, 0.5) is 0 Å². The van der Waals surface area contributed by atoms with Gasteiger partial charge in [0.2, 0.25) is 10.0 Å². The molecule has 1 aliphatic rings. The molecule has 1 aliphatic carbocycles. The Bertz CT molecular complexity index is 539. The van der Waals surface area contributed by atoms with Gasteiger partial charge in [-0.2, -0.15) is 0 Å². The minimum atomic E-state index is -3.42. The highest BCUT2D eigenvalue weighted by atomic mass is 32.2. The van der Waals surface area contributed by atoms with Crippen molar-refractivity contribution in [3.8, 4) is 0 Å². The molecule has 100 valence electrons. The fraction of sp³-hybridized carbons (Fsp3) is 0.538. The zero-order valence-electron chi connectivity index (χ0n) is 10.7. The van der Waals surface area contributed by atoms with Crippen LogP contribution in [0.1, 0.15) is 30.9 Å². The standard InChI is InChI=1S/C13H19NO3S/c1-3-10-7-13(10)14-18(16,17)12-5-4-11(8-15)9(2)6-12/h4-6,10,13-15H,3,7-8H2,1-2H3. The van der Waals surface area contributed by atoms with E-state index in [0.29, 0.717) is 5.92 Å². The van der Waals surface area contributed by atoms with E-state index in [4.69, 9.17) is 5.11 Å². The van der Waals surface area contributed by atoms with E-state index in [0.717, 1.165) is 24.0 Å². The van der Waals surface area contributed by atoms with E-state index in [1.807, 2.05) is 0 Å². The summed E-state index contributed by atoms with van der Waals surface area (Å²) in [7, 11) is -3.42. The van der Waals surface area contributed by atoms with Crippen LogP contribution in [0.2, 0.25) is 0 Å². The number of sulfonamides is 1. The molecular formula is C13H19NO3S. The zero-order chi connectivity index (χ0) is 13.3. The van der Waals surface area contributed by atoms with Crippen molar-refractivity contribution in [2.24, 2.45) is 5.92 Å². The molecule has 0 saturated heterocycles. The zero-order valence-corrected chi connectivity index (χ0v) is 11.5. The second kappa shape index (κ2) is 4.99. The molecule has 2 rings (SSSR count). The summed E-state index contributed by atoms with van der Waals surface area (Å²) in [5, 5.41) is 9.07. The second-order valence-electron chi connectivity index (χ2n) is 4.88. The molecule has 2 unspecified atom stereocenters. The fourth-order valence-electron chi connectivity index (χ4n) is 2.12. The number of nitrogens with one attached hydrogen (secondary N) is 1. The van der Waals surface area contributed by atoms with Gasteiger partial charge in [-0.3, -0.25) is 0 Å². The minimum absolute atomic E-state index is 0.0693. The molecule has 18 heavy (non-hydrogen) atoms. The molecule has 1 fully saturated rings. The monoisotopic (exact) mass is 269 g/mol. The Balaban J connectivity index is 2.17. The number of hydrogen-bond acceptors (Lipinski definition) is 3. The second-order valence-corrected chi connectivity index (χ2v) is 6.59. The first kappa shape index (κ1) is 13.5. The van der Waals surface area contributed by atoms with Crippen molar-refractivity contribution < 1.29 is 13.5 Å². The molecule has 0 amide bonds. The quantitative estimate of drug-likeness (QED) is 0.852. The molecule has 0 bridgehead atoms. The van der Waals surface area contributed by atoms with Crippen molar-refractivity contribution in [3.05, 3.63) is 29.3 Å². The average molecular weight is 269 g/mol. The van der Waals surface area contributed by atoms with E-state index >= 15 is 0 Å². The predicted molar refractivity (Wildman–Crippen MR) is 69.6 cm³/mol. The van der Waals surface area contributed by atoms with Crippen molar-refractivity contribution in [1.82, 2.24) is 4.72 Å². The molecular weight excluding hydrogens is 250 g/mol. The smallest absolute Gasteiger partial charge is 0.240 e. The van der Waals surface area contributed by atoms with Crippen LogP contribution < -0.4 is 4.72 Å². The van der Waals surface area contributed by atoms with Crippen LogP contribution >= 0.6 is 0 Å². The molecule has 0 radical (unpaired) electrons. The predicted octanol–water partition coefficient (Wildman–Crippen LogP) is 1.56. The maximum atomic E-state index is 12.1. The van der Waals surface area contributed by atoms with Crippen molar-refractivity contribution in [1.29, 1.82) is 0 Å². The van der Waals surface area contributed by atoms with Gasteiger partial charge >= 0.3 is 0 Å². The molecule has 0 spiro atoms. The van der Waals surface area contributed by atoms with Gasteiger partial charge in [0.15, 0.2) is 0 Å². The molecule has 0 heterocycles. The summed E-state index contributed by atoms with van der Waals surface area (Å²) in [5.74, 6) is 0.484. The first-order valence-corrected chi connectivity index (χ1v) is 7.69. The number of rotatable bonds is 5. The van der Waals surface area contributed by atoms with Crippen LogP contribution in [0.5, 0.6) is 0 Å². The number of benzene rings is 1. The third-order valence-electron chi connectivity index (χ3n) is 3.55. The average Bonchev–Trinajstić information content (AvgIpc) is 3.06. The van der Waals surface area contributed by atoms with Gasteiger partial charge in [-0.15, -0.1) is 0 Å². The van der Waals surface area contributed by atoms with Gasteiger partial charge in [-0.05, 0) is 42.5 Å². The van der Waals surface area contributed by atoms with E-state index in [1.54, 1.807) is 25.1 Å². The number of aliphatic hydroxyl groups excluding tert-OH is 1. The van der Waals surface area contributed by atoms with Crippen molar-refractivity contribution in [3.63, 3.8) is 0 Å². The molecule has 1 aromatic carbocycles. The van der Waals surface area contributed by atoms with Gasteiger partial charge in [0.1, 0.15) is 0 Å². The maximum absolute atomic E-state index is 12.1. The van der Waals surface area contributed by atoms with Crippen LogP contribution in [0.15, 0.2) is 23.1 Å². The summed E-state index contributed by atoms with van der Waals surface area (Å²) < 4.78 is 27.0. The summed E-state index contributed by atoms with van der Waals surface area (Å²) >= 11 is 0. The minimum Gasteiger partial charge on any atom is -0.392 e. The maximum Gasteiger partial charge on any atom is 0.240 e. The molecule has 1 aromatic rings. The van der Waals surface area contributed by atoms with Gasteiger partial charge in [-0.25, -0.2) is 13.1 Å². The molecule has 1 saturated carbocycles.